The Morgan fingerprint density at radius 1 is 1.14 bits per heavy atom. The van der Waals surface area contributed by atoms with Crippen LogP contribution >= 0.6 is 24.0 Å². The van der Waals surface area contributed by atoms with Gasteiger partial charge in [-0.05, 0) is 45.7 Å². The molecule has 0 spiro atoms. The molecule has 7 nitrogen and oxygen atoms in total. The summed E-state index contributed by atoms with van der Waals surface area (Å²) >= 11 is 0. The van der Waals surface area contributed by atoms with Gasteiger partial charge in [-0.25, -0.2) is 0 Å². The Bertz CT molecular complexity index is 594. The van der Waals surface area contributed by atoms with Gasteiger partial charge < -0.3 is 20.4 Å². The van der Waals surface area contributed by atoms with Crippen molar-refractivity contribution in [2.75, 3.05) is 58.9 Å². The molecule has 1 aromatic heterocycles. The molecule has 1 aliphatic heterocycles. The average molecular weight is 520 g/mol. The molecule has 0 aliphatic carbocycles. The minimum absolute atomic E-state index is 0. The van der Waals surface area contributed by atoms with Crippen LogP contribution in [0.5, 0.6) is 0 Å². The highest BCUT2D eigenvalue weighted by molar-refractivity contribution is 14.0. The zero-order valence-corrected chi connectivity index (χ0v) is 21.4. The van der Waals surface area contributed by atoms with Gasteiger partial charge in [0.25, 0.3) is 0 Å². The van der Waals surface area contributed by atoms with Crippen LogP contribution in [-0.4, -0.2) is 84.4 Å². The number of likely N-dealkylation sites (N-methyl/N-ethyl adjacent to an activating group) is 1. The number of halogens is 1. The van der Waals surface area contributed by atoms with Crippen LogP contribution in [0.4, 0.5) is 0 Å². The summed E-state index contributed by atoms with van der Waals surface area (Å²) < 4.78 is 2.08. The molecular formula is C21H42IN7. The second-order valence-corrected chi connectivity index (χ2v) is 7.99. The van der Waals surface area contributed by atoms with Crippen LogP contribution in [0.15, 0.2) is 11.1 Å². The quantitative estimate of drug-likeness (QED) is 0.215. The highest BCUT2D eigenvalue weighted by Crippen LogP contribution is 2.06. The van der Waals surface area contributed by atoms with Gasteiger partial charge in [0.2, 0.25) is 0 Å². The second kappa shape index (κ2) is 14.2. The average Bonchev–Trinajstić information content (AvgIpc) is 3.00. The van der Waals surface area contributed by atoms with Crippen LogP contribution in [0.25, 0.3) is 0 Å². The van der Waals surface area contributed by atoms with Crippen molar-refractivity contribution in [3.05, 3.63) is 17.5 Å². The van der Waals surface area contributed by atoms with Gasteiger partial charge in [0.15, 0.2) is 5.96 Å². The fourth-order valence-corrected chi connectivity index (χ4v) is 3.71. The number of guanidine groups is 1. The number of nitrogens with one attached hydrogen (secondary N) is 2. The molecule has 1 aliphatic rings. The normalized spacial score (nSPS) is 17.1. The Balaban J connectivity index is 0.00000420. The van der Waals surface area contributed by atoms with Crippen molar-refractivity contribution < 1.29 is 0 Å². The van der Waals surface area contributed by atoms with Gasteiger partial charge in [0, 0.05) is 64.6 Å². The summed E-state index contributed by atoms with van der Waals surface area (Å²) in [5.41, 5.74) is 2.32. The number of piperazine rings is 1. The number of nitrogens with zero attached hydrogens (tertiary/aromatic N) is 5. The summed E-state index contributed by atoms with van der Waals surface area (Å²) in [6.45, 7) is 21.5. The SMILES string of the molecule is CCNC(=NCC(C)CN1CCN(CC)CC1)NCCCn1nc(C)cc1C.I. The molecule has 1 saturated heterocycles. The monoisotopic (exact) mass is 519 g/mol. The molecule has 0 bridgehead atoms. The number of aromatic nitrogens is 2. The van der Waals surface area contributed by atoms with Gasteiger partial charge in [-0.2, -0.15) is 5.10 Å². The van der Waals surface area contributed by atoms with Crippen LogP contribution in [0, 0.1) is 19.8 Å². The van der Waals surface area contributed by atoms with E-state index in [9.17, 15) is 0 Å². The first-order chi connectivity index (χ1) is 13.5. The molecule has 8 heteroatoms. The number of hydrogen-bond acceptors (Lipinski definition) is 4. The van der Waals surface area contributed by atoms with Gasteiger partial charge >= 0.3 is 0 Å². The van der Waals surface area contributed by atoms with Gasteiger partial charge in [0.1, 0.15) is 0 Å². The maximum atomic E-state index is 4.81. The lowest BCUT2D eigenvalue weighted by Gasteiger charge is -2.35. The third-order valence-electron chi connectivity index (χ3n) is 5.33. The van der Waals surface area contributed by atoms with E-state index in [4.69, 9.17) is 4.99 Å². The highest BCUT2D eigenvalue weighted by atomic mass is 127. The lowest BCUT2D eigenvalue weighted by atomic mass is 10.1. The molecule has 1 aromatic rings. The molecule has 0 aromatic carbocycles. The van der Waals surface area contributed by atoms with Crippen LogP contribution in [0.3, 0.4) is 0 Å². The minimum atomic E-state index is 0. The Hall–Kier alpha value is -0.870. The van der Waals surface area contributed by atoms with Crippen molar-refractivity contribution in [3.8, 4) is 0 Å². The second-order valence-electron chi connectivity index (χ2n) is 7.99. The fraction of sp³-hybridized carbons (Fsp3) is 0.810. The Morgan fingerprint density at radius 3 is 2.41 bits per heavy atom. The summed E-state index contributed by atoms with van der Waals surface area (Å²) in [5.74, 6) is 1.50. The van der Waals surface area contributed by atoms with E-state index in [-0.39, 0.29) is 24.0 Å². The maximum Gasteiger partial charge on any atom is 0.191 e. The predicted molar refractivity (Wildman–Crippen MR) is 133 cm³/mol. The summed E-state index contributed by atoms with van der Waals surface area (Å²) in [6, 6.07) is 2.13. The Morgan fingerprint density at radius 2 is 1.83 bits per heavy atom. The van der Waals surface area contributed by atoms with E-state index in [0.29, 0.717) is 5.92 Å². The zero-order chi connectivity index (χ0) is 20.4. The summed E-state index contributed by atoms with van der Waals surface area (Å²) in [5, 5.41) is 11.4. The van der Waals surface area contributed by atoms with Crippen molar-refractivity contribution in [1.82, 2.24) is 30.2 Å². The number of rotatable bonds is 10. The Kier molecular flexibility index (Phi) is 12.8. The van der Waals surface area contributed by atoms with Crippen molar-refractivity contribution >= 4 is 29.9 Å². The zero-order valence-electron chi connectivity index (χ0n) is 19.1. The fourth-order valence-electron chi connectivity index (χ4n) is 3.71. The third kappa shape index (κ3) is 9.65. The standard InChI is InChI=1S/C21H41N7.HI/c1-6-22-21(23-9-8-10-28-20(5)15-19(4)25-28)24-16-18(3)17-27-13-11-26(7-2)12-14-27;/h15,18H,6-14,16-17H2,1-5H3,(H2,22,23,24);1H. The molecule has 1 unspecified atom stereocenters. The van der Waals surface area contributed by atoms with Crippen molar-refractivity contribution in [2.24, 2.45) is 10.9 Å². The first-order valence-electron chi connectivity index (χ1n) is 11.0. The summed E-state index contributed by atoms with van der Waals surface area (Å²) in [4.78, 5) is 9.92. The van der Waals surface area contributed by atoms with Gasteiger partial charge in [-0.15, -0.1) is 24.0 Å². The van der Waals surface area contributed by atoms with Gasteiger partial charge in [-0.1, -0.05) is 13.8 Å². The number of hydrogen-bond donors (Lipinski definition) is 2. The molecule has 29 heavy (non-hydrogen) atoms. The van der Waals surface area contributed by atoms with E-state index in [1.54, 1.807) is 0 Å². The molecule has 0 saturated carbocycles. The molecule has 1 atom stereocenters. The first kappa shape index (κ1) is 26.2. The molecule has 0 amide bonds. The largest absolute Gasteiger partial charge is 0.357 e. The van der Waals surface area contributed by atoms with Crippen LogP contribution in [0.2, 0.25) is 0 Å². The summed E-state index contributed by atoms with van der Waals surface area (Å²) in [6.07, 6.45) is 1.03. The van der Waals surface area contributed by atoms with E-state index in [0.717, 1.165) is 50.8 Å². The molecule has 1 fully saturated rings. The molecule has 0 radical (unpaired) electrons. The van der Waals surface area contributed by atoms with Crippen molar-refractivity contribution in [2.45, 2.75) is 47.6 Å². The maximum absolute atomic E-state index is 4.81. The molecule has 168 valence electrons. The van der Waals surface area contributed by atoms with Gasteiger partial charge in [-0.3, -0.25) is 9.67 Å². The van der Waals surface area contributed by atoms with E-state index in [1.165, 1.54) is 38.4 Å². The number of aliphatic imine (C=N–C) groups is 1. The molecule has 2 N–H and O–H groups in total. The Labute approximate surface area is 194 Å². The lowest BCUT2D eigenvalue weighted by molar-refractivity contribution is 0.125. The van der Waals surface area contributed by atoms with Crippen molar-refractivity contribution in [3.63, 3.8) is 0 Å². The van der Waals surface area contributed by atoms with E-state index >= 15 is 0 Å². The summed E-state index contributed by atoms with van der Waals surface area (Å²) in [7, 11) is 0. The van der Waals surface area contributed by atoms with E-state index < -0.39 is 0 Å². The van der Waals surface area contributed by atoms with Crippen LogP contribution < -0.4 is 10.6 Å². The van der Waals surface area contributed by atoms with E-state index in [1.807, 2.05) is 6.92 Å². The smallest absolute Gasteiger partial charge is 0.191 e. The first-order valence-corrected chi connectivity index (χ1v) is 11.0. The highest BCUT2D eigenvalue weighted by Gasteiger charge is 2.17. The van der Waals surface area contributed by atoms with Gasteiger partial charge in [0.05, 0.1) is 5.69 Å². The topological polar surface area (TPSA) is 60.7 Å². The lowest BCUT2D eigenvalue weighted by Crippen LogP contribution is -2.47. The van der Waals surface area contributed by atoms with E-state index in [2.05, 4.69) is 64.0 Å². The van der Waals surface area contributed by atoms with Crippen molar-refractivity contribution in [1.29, 1.82) is 0 Å². The molecule has 2 heterocycles. The van der Waals surface area contributed by atoms with Crippen LogP contribution in [0.1, 0.15) is 38.6 Å². The molecular weight excluding hydrogens is 477 g/mol. The third-order valence-corrected chi connectivity index (χ3v) is 5.33. The van der Waals surface area contributed by atoms with Crippen LogP contribution in [-0.2, 0) is 6.54 Å². The minimum Gasteiger partial charge on any atom is -0.357 e. The molecule has 2 rings (SSSR count). The number of aryl methyl sites for hydroxylation is 3. The predicted octanol–water partition coefficient (Wildman–Crippen LogP) is 2.34.